The molecule has 0 fully saturated rings. The van der Waals surface area contributed by atoms with E-state index in [2.05, 4.69) is 0 Å². The fourth-order valence-electron chi connectivity index (χ4n) is 2.46. The van der Waals surface area contributed by atoms with E-state index < -0.39 is 40.5 Å². The predicted molar refractivity (Wildman–Crippen MR) is 107 cm³/mol. The summed E-state index contributed by atoms with van der Waals surface area (Å²) in [5.74, 6) is -5.37. The molecule has 0 heterocycles. The second-order valence-electron chi connectivity index (χ2n) is 6.03. The van der Waals surface area contributed by atoms with Crippen LogP contribution >= 0.6 is 11.6 Å². The van der Waals surface area contributed by atoms with Crippen LogP contribution in [0.1, 0.15) is 13.8 Å². The van der Waals surface area contributed by atoms with E-state index in [0.29, 0.717) is 10.8 Å². The molecule has 0 saturated carbocycles. The average Bonchev–Trinajstić information content (AvgIpc) is 2.72. The van der Waals surface area contributed by atoms with Crippen molar-refractivity contribution in [2.45, 2.75) is 20.0 Å². The Labute approximate surface area is 176 Å². The van der Waals surface area contributed by atoms with E-state index in [1.807, 2.05) is 0 Å². The molecule has 0 spiro atoms. The zero-order chi connectivity index (χ0) is 22.4. The lowest BCUT2D eigenvalue weighted by Gasteiger charge is -2.16. The van der Waals surface area contributed by atoms with Crippen molar-refractivity contribution in [1.29, 1.82) is 5.26 Å². The molecule has 2 aromatic carbocycles. The summed E-state index contributed by atoms with van der Waals surface area (Å²) in [4.78, 5) is 11.3. The molecule has 8 heteroatoms. The Morgan fingerprint density at radius 3 is 2.20 bits per heavy atom. The number of benzene rings is 2. The monoisotopic (exact) mass is 433 g/mol. The van der Waals surface area contributed by atoms with Crippen molar-refractivity contribution >= 4 is 27.6 Å². The molecule has 0 aliphatic rings. The fraction of sp³-hybridized carbons (Fsp3) is 0.182. The molecule has 2 unspecified atom stereocenters. The van der Waals surface area contributed by atoms with Gasteiger partial charge in [-0.2, -0.15) is 9.65 Å². The Bertz CT molecular complexity index is 1110. The molecule has 154 valence electrons. The van der Waals surface area contributed by atoms with Crippen LogP contribution in [0.25, 0.3) is 10.8 Å². The Balaban J connectivity index is 2.54. The smallest absolute Gasteiger partial charge is 0.262 e. The molecule has 0 aliphatic carbocycles. The van der Waals surface area contributed by atoms with Crippen LogP contribution < -0.4 is 9.47 Å². The van der Waals surface area contributed by atoms with Crippen molar-refractivity contribution in [3.63, 3.8) is 0 Å². The lowest BCUT2D eigenvalue weighted by atomic mass is 10.1. The van der Waals surface area contributed by atoms with Gasteiger partial charge in [0.1, 0.15) is 17.3 Å². The molecule has 2 rings (SSSR count). The van der Waals surface area contributed by atoms with Crippen LogP contribution in [0.15, 0.2) is 59.6 Å². The van der Waals surface area contributed by atoms with Gasteiger partial charge in [-0.1, -0.05) is 30.2 Å². The summed E-state index contributed by atoms with van der Waals surface area (Å²) < 4.78 is 53.5. The summed E-state index contributed by atoms with van der Waals surface area (Å²) in [5, 5.41) is 8.92. The number of terminal acetylenes is 1. The molecular weight excluding hydrogens is 419 g/mol. The zero-order valence-corrected chi connectivity index (χ0v) is 16.6. The van der Waals surface area contributed by atoms with E-state index in [9.17, 15) is 18.0 Å². The normalized spacial score (nSPS) is 14.5. The quantitative estimate of drug-likeness (QED) is 0.237. The van der Waals surface area contributed by atoms with Gasteiger partial charge in [0.05, 0.1) is 6.07 Å². The van der Waals surface area contributed by atoms with Crippen LogP contribution in [-0.4, -0.2) is 11.3 Å². The van der Waals surface area contributed by atoms with Gasteiger partial charge >= 0.3 is 0 Å². The number of carbonyl (C=O) groups is 1. The molecule has 0 saturated heterocycles. The molecule has 0 N–H and O–H groups in total. The number of hydrogen-bond acceptors (Lipinski definition) is 4. The maximum Gasteiger partial charge on any atom is 0.262 e. The highest BCUT2D eigenvalue weighted by Gasteiger charge is 2.24. The number of allylic oxidation sites excluding steroid dienone is 3. The minimum atomic E-state index is -1.83. The first-order chi connectivity index (χ1) is 14.2. The number of carbonyl (C=O) groups excluding carboxylic acids is 1. The Hall–Kier alpha value is -3.42. The van der Waals surface area contributed by atoms with E-state index in [1.165, 1.54) is 25.1 Å². The van der Waals surface area contributed by atoms with Crippen molar-refractivity contribution in [2.24, 2.45) is 5.92 Å². The van der Waals surface area contributed by atoms with Crippen molar-refractivity contribution in [1.82, 2.24) is 0 Å². The minimum absolute atomic E-state index is 0.0213. The molecule has 30 heavy (non-hydrogen) atoms. The van der Waals surface area contributed by atoms with Gasteiger partial charge in [0.2, 0.25) is 5.83 Å². The van der Waals surface area contributed by atoms with Crippen molar-refractivity contribution in [2.75, 3.05) is 0 Å². The number of rotatable bonds is 7. The number of halogens is 4. The topological polar surface area (TPSA) is 59.3 Å². The van der Waals surface area contributed by atoms with Crippen LogP contribution in [0.4, 0.5) is 13.2 Å². The van der Waals surface area contributed by atoms with Gasteiger partial charge in [0, 0.05) is 10.8 Å². The highest BCUT2D eigenvalue weighted by molar-refractivity contribution is 6.64. The third-order valence-electron chi connectivity index (χ3n) is 3.95. The lowest BCUT2D eigenvalue weighted by molar-refractivity contribution is -0.117. The fourth-order valence-corrected chi connectivity index (χ4v) is 2.50. The highest BCUT2D eigenvalue weighted by atomic mass is 35.5. The molecule has 0 bridgehead atoms. The molecular formula is C22H15ClF3NO3. The van der Waals surface area contributed by atoms with Gasteiger partial charge in [-0.3, -0.25) is 4.79 Å². The van der Waals surface area contributed by atoms with Gasteiger partial charge in [-0.15, -0.1) is 6.42 Å². The molecule has 0 amide bonds. The maximum atomic E-state index is 14.5. The molecule has 2 aromatic rings. The van der Waals surface area contributed by atoms with E-state index in [-0.39, 0.29) is 11.5 Å². The van der Waals surface area contributed by atoms with Crippen molar-refractivity contribution in [3.05, 3.63) is 59.6 Å². The first-order valence-corrected chi connectivity index (χ1v) is 8.92. The van der Waals surface area contributed by atoms with Gasteiger partial charge in [-0.25, -0.2) is 8.78 Å². The van der Waals surface area contributed by atoms with Crippen LogP contribution in [0.5, 0.6) is 11.5 Å². The summed E-state index contributed by atoms with van der Waals surface area (Å²) in [6.07, 6.45) is 4.05. The zero-order valence-electron chi connectivity index (χ0n) is 15.9. The van der Waals surface area contributed by atoms with Gasteiger partial charge in [0.25, 0.3) is 5.24 Å². The van der Waals surface area contributed by atoms with Crippen LogP contribution in [0, 0.1) is 29.6 Å². The second-order valence-corrected chi connectivity index (χ2v) is 6.40. The number of ether oxygens (including phenoxy) is 2. The van der Waals surface area contributed by atoms with E-state index in [4.69, 9.17) is 32.8 Å². The Morgan fingerprint density at radius 1 is 1.13 bits per heavy atom. The number of hydrogen-bond donors (Lipinski definition) is 0. The van der Waals surface area contributed by atoms with Gasteiger partial charge in [-0.05, 0) is 37.6 Å². The third-order valence-corrected chi connectivity index (χ3v) is 4.26. The first kappa shape index (κ1) is 22.9. The summed E-state index contributed by atoms with van der Waals surface area (Å²) in [6, 6.07) is 10.7. The summed E-state index contributed by atoms with van der Waals surface area (Å²) in [7, 11) is 0. The molecule has 4 nitrogen and oxygen atoms in total. The average molecular weight is 434 g/mol. The standard InChI is InChI=1S/C22H15ClF3NO3/c1-4-14(11-27)19(25)20(26)21(12(2)24)30-18-10-6-7-15-16(18)8-5-9-17(15)29-13(3)22(23)28/h1,5-10,13-14H,2-3H3/b20-19-,21-12-. The van der Waals surface area contributed by atoms with Gasteiger partial charge < -0.3 is 9.47 Å². The van der Waals surface area contributed by atoms with E-state index >= 15 is 0 Å². The molecule has 0 radical (unpaired) electrons. The minimum Gasteiger partial charge on any atom is -0.481 e. The van der Waals surface area contributed by atoms with Crippen LogP contribution in [0.3, 0.4) is 0 Å². The van der Waals surface area contributed by atoms with Crippen LogP contribution in [-0.2, 0) is 4.79 Å². The predicted octanol–water partition coefficient (Wildman–Crippen LogP) is 5.88. The first-order valence-electron chi connectivity index (χ1n) is 8.54. The lowest BCUT2D eigenvalue weighted by Crippen LogP contribution is -2.18. The third kappa shape index (κ3) is 4.94. The van der Waals surface area contributed by atoms with Crippen molar-refractivity contribution < 1.29 is 27.4 Å². The Kier molecular flexibility index (Phi) is 7.52. The maximum absolute atomic E-state index is 14.5. The Morgan fingerprint density at radius 2 is 1.70 bits per heavy atom. The van der Waals surface area contributed by atoms with E-state index in [0.717, 1.165) is 6.92 Å². The van der Waals surface area contributed by atoms with E-state index in [1.54, 1.807) is 30.2 Å². The highest BCUT2D eigenvalue weighted by Crippen LogP contribution is 2.36. The summed E-state index contributed by atoms with van der Waals surface area (Å²) >= 11 is 5.42. The number of nitrogens with zero attached hydrogens (tertiary/aromatic N) is 1. The second kappa shape index (κ2) is 9.87. The van der Waals surface area contributed by atoms with Crippen LogP contribution in [0.2, 0.25) is 0 Å². The molecule has 2 atom stereocenters. The number of nitriles is 1. The molecule has 0 aliphatic heterocycles. The number of fused-ring (bicyclic) bond motifs is 1. The van der Waals surface area contributed by atoms with Gasteiger partial charge in [0.15, 0.2) is 23.6 Å². The summed E-state index contributed by atoms with van der Waals surface area (Å²) in [5.41, 5.74) is 0. The summed E-state index contributed by atoms with van der Waals surface area (Å²) in [6.45, 7) is 2.33. The molecule has 0 aromatic heterocycles. The SMILES string of the molecule is C#CC(C#N)/C(F)=C(F)\C(Oc1cccc2c(OC(C)C(=O)Cl)cccc12)=C(/C)F. The van der Waals surface area contributed by atoms with Crippen molar-refractivity contribution in [3.8, 4) is 29.9 Å². The largest absolute Gasteiger partial charge is 0.481 e.